The molecule has 9 heteroatoms. The number of carbonyl (C=O) groups excluding carboxylic acids is 4. The van der Waals surface area contributed by atoms with Crippen LogP contribution in [-0.2, 0) is 38.2 Å². The van der Waals surface area contributed by atoms with Crippen molar-refractivity contribution in [3.63, 3.8) is 0 Å². The Morgan fingerprint density at radius 3 is 2.39 bits per heavy atom. The van der Waals surface area contributed by atoms with Crippen molar-refractivity contribution in [2.24, 2.45) is 0 Å². The average molecular weight is 327 g/mol. The third-order valence-corrected chi connectivity index (χ3v) is 3.10. The predicted molar refractivity (Wildman–Crippen MR) is 72.2 cm³/mol. The highest BCUT2D eigenvalue weighted by atomic mass is 16.8. The van der Waals surface area contributed by atoms with Crippen LogP contribution < -0.4 is 0 Å². The summed E-state index contributed by atoms with van der Waals surface area (Å²) in [6.45, 7) is 2.30. The molecule has 0 saturated carbocycles. The van der Waals surface area contributed by atoms with E-state index >= 15 is 0 Å². The van der Waals surface area contributed by atoms with Gasteiger partial charge in [0.1, 0.15) is 18.8 Å². The number of rotatable bonds is 5. The van der Waals surface area contributed by atoms with E-state index in [9.17, 15) is 19.2 Å². The van der Waals surface area contributed by atoms with Gasteiger partial charge in [0.15, 0.2) is 0 Å². The van der Waals surface area contributed by atoms with Crippen molar-refractivity contribution in [2.75, 3.05) is 6.61 Å². The van der Waals surface area contributed by atoms with Gasteiger partial charge in [-0.1, -0.05) is 0 Å². The highest BCUT2D eigenvalue weighted by Gasteiger charge is 2.36. The minimum Gasteiger partial charge on any atom is -0.463 e. The molecule has 0 aromatic heterocycles. The van der Waals surface area contributed by atoms with Crippen molar-refractivity contribution in [2.45, 2.75) is 45.2 Å². The molecule has 0 aliphatic carbocycles. The summed E-state index contributed by atoms with van der Waals surface area (Å²) in [4.78, 5) is 50.3. The molecule has 2 rings (SSSR count). The quantitative estimate of drug-likeness (QED) is 0.389. The van der Waals surface area contributed by atoms with Gasteiger partial charge in [-0.2, -0.15) is 5.06 Å². The first-order chi connectivity index (χ1) is 10.9. The number of carbonyl (C=O) groups is 4. The molecule has 1 fully saturated rings. The van der Waals surface area contributed by atoms with Crippen LogP contribution in [-0.4, -0.2) is 53.9 Å². The molecule has 3 atom stereocenters. The summed E-state index contributed by atoms with van der Waals surface area (Å²) in [6.07, 6.45) is 0.464. The second kappa shape index (κ2) is 7.34. The maximum Gasteiger partial charge on any atom is 0.303 e. The summed E-state index contributed by atoms with van der Waals surface area (Å²) in [6, 6.07) is 0. The molecule has 2 amide bonds. The number of hydrogen-bond donors (Lipinski definition) is 0. The van der Waals surface area contributed by atoms with Crippen molar-refractivity contribution < 1.29 is 38.2 Å². The Balaban J connectivity index is 2.02. The summed E-state index contributed by atoms with van der Waals surface area (Å²) >= 11 is 0. The van der Waals surface area contributed by atoms with E-state index in [2.05, 4.69) is 0 Å². The lowest BCUT2D eigenvalue weighted by atomic mass is 10.1. The van der Waals surface area contributed by atoms with E-state index in [-0.39, 0.29) is 19.4 Å². The van der Waals surface area contributed by atoms with Gasteiger partial charge in [0, 0.05) is 26.7 Å². The molecule has 2 heterocycles. The zero-order valence-corrected chi connectivity index (χ0v) is 12.7. The Labute approximate surface area is 132 Å². The van der Waals surface area contributed by atoms with Gasteiger partial charge < -0.3 is 14.2 Å². The maximum absolute atomic E-state index is 11.5. The zero-order valence-electron chi connectivity index (χ0n) is 12.7. The topological polar surface area (TPSA) is 108 Å². The van der Waals surface area contributed by atoms with E-state index in [1.165, 1.54) is 26.0 Å². The Morgan fingerprint density at radius 1 is 1.17 bits per heavy atom. The molecule has 9 nitrogen and oxygen atoms in total. The molecule has 2 aliphatic rings. The summed E-state index contributed by atoms with van der Waals surface area (Å²) in [5.41, 5.74) is 0. The van der Waals surface area contributed by atoms with Crippen molar-refractivity contribution in [3.8, 4) is 0 Å². The third-order valence-electron chi connectivity index (χ3n) is 3.10. The highest BCUT2D eigenvalue weighted by molar-refractivity contribution is 6.00. The lowest BCUT2D eigenvalue weighted by Crippen LogP contribution is -2.44. The Morgan fingerprint density at radius 2 is 1.83 bits per heavy atom. The van der Waals surface area contributed by atoms with E-state index in [0.717, 1.165) is 0 Å². The molecule has 23 heavy (non-hydrogen) atoms. The van der Waals surface area contributed by atoms with Crippen LogP contribution >= 0.6 is 0 Å². The summed E-state index contributed by atoms with van der Waals surface area (Å²) in [7, 11) is 0. The fourth-order valence-electron chi connectivity index (χ4n) is 2.10. The number of nitrogens with zero attached hydrogens (tertiary/aromatic N) is 1. The van der Waals surface area contributed by atoms with Crippen LogP contribution in [0.25, 0.3) is 0 Å². The first-order valence-electron chi connectivity index (χ1n) is 7.03. The third kappa shape index (κ3) is 4.60. The van der Waals surface area contributed by atoms with Gasteiger partial charge in [0.25, 0.3) is 11.8 Å². The molecule has 0 aromatic carbocycles. The zero-order chi connectivity index (χ0) is 17.0. The molecule has 0 bridgehead atoms. The van der Waals surface area contributed by atoms with Gasteiger partial charge >= 0.3 is 11.9 Å². The van der Waals surface area contributed by atoms with Crippen LogP contribution in [0.15, 0.2) is 12.2 Å². The monoisotopic (exact) mass is 327 g/mol. The number of esters is 2. The number of ether oxygens (including phenoxy) is 3. The van der Waals surface area contributed by atoms with Crippen molar-refractivity contribution in [3.05, 3.63) is 12.2 Å². The van der Waals surface area contributed by atoms with Crippen LogP contribution in [0.2, 0.25) is 0 Å². The second-order valence-corrected chi connectivity index (χ2v) is 4.99. The fourth-order valence-corrected chi connectivity index (χ4v) is 2.10. The standard InChI is InChI=1S/C14H17NO8/c1-8(16)20-7-11-10(21-9(2)17)3-6-14(22-11)23-15-12(18)4-5-13(15)19/h3,6,10-11,14H,4-5,7H2,1-2H3/t10-,11?,14+/m0/s1. The molecule has 1 saturated heterocycles. The maximum atomic E-state index is 11.5. The molecule has 126 valence electrons. The summed E-state index contributed by atoms with van der Waals surface area (Å²) < 4.78 is 15.4. The van der Waals surface area contributed by atoms with E-state index < -0.39 is 42.3 Å². The van der Waals surface area contributed by atoms with Crippen LogP contribution in [0.5, 0.6) is 0 Å². The number of hydroxylamine groups is 2. The largest absolute Gasteiger partial charge is 0.463 e. The van der Waals surface area contributed by atoms with Gasteiger partial charge in [0.05, 0.1) is 0 Å². The van der Waals surface area contributed by atoms with E-state index in [0.29, 0.717) is 5.06 Å². The lowest BCUT2D eigenvalue weighted by Gasteiger charge is -2.32. The molecular weight excluding hydrogens is 310 g/mol. The van der Waals surface area contributed by atoms with Crippen molar-refractivity contribution in [1.29, 1.82) is 0 Å². The van der Waals surface area contributed by atoms with E-state index in [1.54, 1.807) is 0 Å². The Bertz CT molecular complexity index is 527. The first-order valence-corrected chi connectivity index (χ1v) is 7.03. The minimum atomic E-state index is -1.03. The summed E-state index contributed by atoms with van der Waals surface area (Å²) in [5, 5.41) is 0.657. The van der Waals surface area contributed by atoms with E-state index in [4.69, 9.17) is 19.0 Å². The van der Waals surface area contributed by atoms with Crippen molar-refractivity contribution >= 4 is 23.8 Å². The van der Waals surface area contributed by atoms with Crippen LogP contribution in [0.3, 0.4) is 0 Å². The molecule has 0 radical (unpaired) electrons. The number of imide groups is 1. The number of amides is 2. The molecule has 0 aromatic rings. The smallest absolute Gasteiger partial charge is 0.303 e. The Kier molecular flexibility index (Phi) is 5.45. The lowest BCUT2D eigenvalue weighted by molar-refractivity contribution is -0.266. The Hall–Kier alpha value is -2.26. The average Bonchev–Trinajstić information content (AvgIpc) is 2.78. The summed E-state index contributed by atoms with van der Waals surface area (Å²) in [5.74, 6) is -1.95. The van der Waals surface area contributed by atoms with E-state index in [1.807, 2.05) is 0 Å². The molecule has 1 unspecified atom stereocenters. The van der Waals surface area contributed by atoms with Gasteiger partial charge in [-0.15, -0.1) is 0 Å². The predicted octanol–water partition coefficient (Wildman–Crippen LogP) is -0.157. The van der Waals surface area contributed by atoms with Crippen molar-refractivity contribution in [1.82, 2.24) is 5.06 Å². The van der Waals surface area contributed by atoms with Crippen LogP contribution in [0.4, 0.5) is 0 Å². The second-order valence-electron chi connectivity index (χ2n) is 4.99. The highest BCUT2D eigenvalue weighted by Crippen LogP contribution is 2.21. The molecular formula is C14H17NO8. The van der Waals surface area contributed by atoms with Crippen LogP contribution in [0, 0.1) is 0 Å². The van der Waals surface area contributed by atoms with Gasteiger partial charge in [-0.3, -0.25) is 19.2 Å². The minimum absolute atomic E-state index is 0.0855. The van der Waals surface area contributed by atoms with Gasteiger partial charge in [0.2, 0.25) is 6.29 Å². The molecule has 0 spiro atoms. The first kappa shape index (κ1) is 17.1. The molecule has 0 N–H and O–H groups in total. The van der Waals surface area contributed by atoms with Gasteiger partial charge in [-0.25, -0.2) is 4.84 Å². The molecule has 2 aliphatic heterocycles. The number of hydrogen-bond acceptors (Lipinski definition) is 8. The van der Waals surface area contributed by atoms with Gasteiger partial charge in [-0.05, 0) is 12.2 Å². The van der Waals surface area contributed by atoms with Crippen LogP contribution in [0.1, 0.15) is 26.7 Å². The SMILES string of the molecule is CC(=O)OCC1O[C@H](ON2C(=O)CCC2=O)C=C[C@@H]1OC(C)=O. The fraction of sp³-hybridized carbons (Fsp3) is 0.571. The normalized spacial score (nSPS) is 27.2.